The molecule has 2 aromatic rings. The van der Waals surface area contributed by atoms with E-state index in [0.29, 0.717) is 25.7 Å². The van der Waals surface area contributed by atoms with Crippen LogP contribution >= 0.6 is 0 Å². The summed E-state index contributed by atoms with van der Waals surface area (Å²) in [6.07, 6.45) is 0.732. The third-order valence-corrected chi connectivity index (χ3v) is 4.14. The van der Waals surface area contributed by atoms with Crippen LogP contribution in [0.4, 0.5) is 10.5 Å². The van der Waals surface area contributed by atoms with Gasteiger partial charge < -0.3 is 20.1 Å². The molecule has 1 heterocycles. The van der Waals surface area contributed by atoms with Crippen LogP contribution in [0.5, 0.6) is 11.5 Å². The van der Waals surface area contributed by atoms with Gasteiger partial charge in [0.1, 0.15) is 13.2 Å². The monoisotopic (exact) mass is 340 g/mol. The molecule has 0 saturated heterocycles. The first-order chi connectivity index (χ1) is 12.1. The number of urea groups is 1. The fourth-order valence-corrected chi connectivity index (χ4v) is 2.84. The Morgan fingerprint density at radius 3 is 2.64 bits per heavy atom. The van der Waals surface area contributed by atoms with Crippen LogP contribution in [-0.2, 0) is 6.42 Å². The van der Waals surface area contributed by atoms with Gasteiger partial charge in [-0.3, -0.25) is 0 Å². The van der Waals surface area contributed by atoms with Gasteiger partial charge in [-0.1, -0.05) is 38.1 Å². The van der Waals surface area contributed by atoms with E-state index in [4.69, 9.17) is 9.47 Å². The topological polar surface area (TPSA) is 59.6 Å². The highest BCUT2D eigenvalue weighted by atomic mass is 16.6. The molecule has 0 aliphatic carbocycles. The van der Waals surface area contributed by atoms with Crippen LogP contribution in [0.1, 0.15) is 30.9 Å². The zero-order valence-electron chi connectivity index (χ0n) is 14.7. The molecule has 25 heavy (non-hydrogen) atoms. The lowest BCUT2D eigenvalue weighted by molar-refractivity contribution is 0.171. The zero-order chi connectivity index (χ0) is 17.6. The molecule has 0 bridgehead atoms. The van der Waals surface area contributed by atoms with Crippen molar-refractivity contribution in [1.29, 1.82) is 0 Å². The molecular weight excluding hydrogens is 316 g/mol. The van der Waals surface area contributed by atoms with Gasteiger partial charge in [-0.15, -0.1) is 0 Å². The predicted octanol–water partition coefficient (Wildman–Crippen LogP) is 3.95. The van der Waals surface area contributed by atoms with Gasteiger partial charge in [0.2, 0.25) is 0 Å². The number of rotatable bonds is 5. The second kappa shape index (κ2) is 7.92. The third-order valence-electron chi connectivity index (χ3n) is 4.14. The Morgan fingerprint density at radius 1 is 1.08 bits per heavy atom. The molecule has 2 aromatic carbocycles. The lowest BCUT2D eigenvalue weighted by Crippen LogP contribution is -2.30. The molecule has 0 unspecified atom stereocenters. The van der Waals surface area contributed by atoms with Crippen molar-refractivity contribution >= 4 is 11.7 Å². The molecular formula is C20H24N2O3. The Balaban J connectivity index is 1.51. The SMILES string of the molecule is CC(C)c1ccccc1NC(=O)NCCc1ccc2c(c1)OCCO2. The minimum atomic E-state index is -0.189. The van der Waals surface area contributed by atoms with Gasteiger partial charge in [0.25, 0.3) is 0 Å². The van der Waals surface area contributed by atoms with Crippen LogP contribution in [0.2, 0.25) is 0 Å². The molecule has 0 radical (unpaired) electrons. The van der Waals surface area contributed by atoms with Gasteiger partial charge in [-0.05, 0) is 41.7 Å². The van der Waals surface area contributed by atoms with Crippen molar-refractivity contribution in [3.63, 3.8) is 0 Å². The number of carbonyl (C=O) groups is 1. The van der Waals surface area contributed by atoms with Crippen molar-refractivity contribution in [3.8, 4) is 11.5 Å². The fourth-order valence-electron chi connectivity index (χ4n) is 2.84. The third kappa shape index (κ3) is 4.44. The summed E-state index contributed by atoms with van der Waals surface area (Å²) in [5.41, 5.74) is 3.09. The van der Waals surface area contributed by atoms with Crippen LogP contribution in [0, 0.1) is 0 Å². The number of hydrogen-bond donors (Lipinski definition) is 2. The molecule has 5 heteroatoms. The van der Waals surface area contributed by atoms with Crippen LogP contribution in [0.25, 0.3) is 0 Å². The summed E-state index contributed by atoms with van der Waals surface area (Å²) in [5.74, 6) is 1.92. The van der Waals surface area contributed by atoms with Crippen molar-refractivity contribution in [2.24, 2.45) is 0 Å². The molecule has 132 valence electrons. The number of hydrogen-bond acceptors (Lipinski definition) is 3. The average molecular weight is 340 g/mol. The van der Waals surface area contributed by atoms with Gasteiger partial charge >= 0.3 is 6.03 Å². The summed E-state index contributed by atoms with van der Waals surface area (Å²) in [7, 11) is 0. The molecule has 3 rings (SSSR count). The molecule has 2 N–H and O–H groups in total. The fraction of sp³-hybridized carbons (Fsp3) is 0.350. The van der Waals surface area contributed by atoms with E-state index in [9.17, 15) is 4.79 Å². The van der Waals surface area contributed by atoms with E-state index in [2.05, 4.69) is 24.5 Å². The van der Waals surface area contributed by atoms with Gasteiger partial charge in [-0.2, -0.15) is 0 Å². The summed E-state index contributed by atoms with van der Waals surface area (Å²) in [6, 6.07) is 13.6. The quantitative estimate of drug-likeness (QED) is 0.866. The second-order valence-electron chi connectivity index (χ2n) is 6.35. The van der Waals surface area contributed by atoms with Crippen molar-refractivity contribution in [1.82, 2.24) is 5.32 Å². The maximum absolute atomic E-state index is 12.1. The number of carbonyl (C=O) groups excluding carboxylic acids is 1. The number of fused-ring (bicyclic) bond motifs is 1. The van der Waals surface area contributed by atoms with Crippen molar-refractivity contribution < 1.29 is 14.3 Å². The number of amides is 2. The van der Waals surface area contributed by atoms with Crippen LogP contribution in [-0.4, -0.2) is 25.8 Å². The highest BCUT2D eigenvalue weighted by molar-refractivity contribution is 5.90. The summed E-state index contributed by atoms with van der Waals surface area (Å²) in [5, 5.41) is 5.84. The van der Waals surface area contributed by atoms with Crippen molar-refractivity contribution in [2.75, 3.05) is 25.1 Å². The Bertz CT molecular complexity index is 743. The molecule has 0 fully saturated rings. The highest BCUT2D eigenvalue weighted by Gasteiger charge is 2.12. The molecule has 0 spiro atoms. The van der Waals surface area contributed by atoms with Crippen molar-refractivity contribution in [2.45, 2.75) is 26.2 Å². The van der Waals surface area contributed by atoms with E-state index in [1.165, 1.54) is 0 Å². The first-order valence-corrected chi connectivity index (χ1v) is 8.66. The molecule has 0 aromatic heterocycles. The first kappa shape index (κ1) is 17.1. The van der Waals surface area contributed by atoms with Crippen molar-refractivity contribution in [3.05, 3.63) is 53.6 Å². The lowest BCUT2D eigenvalue weighted by Gasteiger charge is -2.19. The summed E-state index contributed by atoms with van der Waals surface area (Å²) >= 11 is 0. The standard InChI is InChI=1S/C20H24N2O3/c1-14(2)16-5-3-4-6-17(16)22-20(23)21-10-9-15-7-8-18-19(13-15)25-12-11-24-18/h3-8,13-14H,9-12H2,1-2H3,(H2,21,22,23). The normalized spacial score (nSPS) is 12.8. The summed E-state index contributed by atoms with van der Waals surface area (Å²) in [4.78, 5) is 12.1. The second-order valence-corrected chi connectivity index (χ2v) is 6.35. The lowest BCUT2D eigenvalue weighted by atomic mass is 10.0. The van der Waals surface area contributed by atoms with E-state index in [-0.39, 0.29) is 6.03 Å². The minimum absolute atomic E-state index is 0.189. The predicted molar refractivity (Wildman–Crippen MR) is 98.7 cm³/mol. The number of benzene rings is 2. The molecule has 1 aliphatic heterocycles. The Labute approximate surface area is 148 Å². The van der Waals surface area contributed by atoms with Crippen LogP contribution in [0.3, 0.4) is 0 Å². The largest absolute Gasteiger partial charge is 0.486 e. The Morgan fingerprint density at radius 2 is 1.84 bits per heavy atom. The van der Waals surface area contributed by atoms with Crippen LogP contribution in [0.15, 0.2) is 42.5 Å². The molecule has 5 nitrogen and oxygen atoms in total. The number of ether oxygens (including phenoxy) is 2. The number of nitrogens with one attached hydrogen (secondary N) is 2. The van der Waals surface area contributed by atoms with E-state index in [1.807, 2.05) is 42.5 Å². The average Bonchev–Trinajstić information content (AvgIpc) is 2.62. The van der Waals surface area contributed by atoms with E-state index in [1.54, 1.807) is 0 Å². The number of para-hydroxylation sites is 1. The van der Waals surface area contributed by atoms with E-state index in [0.717, 1.165) is 34.7 Å². The molecule has 1 aliphatic rings. The molecule has 0 saturated carbocycles. The highest BCUT2D eigenvalue weighted by Crippen LogP contribution is 2.30. The molecule has 0 atom stereocenters. The van der Waals surface area contributed by atoms with Gasteiger partial charge in [0.15, 0.2) is 11.5 Å². The maximum atomic E-state index is 12.1. The van der Waals surface area contributed by atoms with E-state index < -0.39 is 0 Å². The Kier molecular flexibility index (Phi) is 5.43. The van der Waals surface area contributed by atoms with Crippen LogP contribution < -0.4 is 20.1 Å². The Hall–Kier alpha value is -2.69. The molecule has 2 amide bonds. The maximum Gasteiger partial charge on any atom is 0.319 e. The summed E-state index contributed by atoms with van der Waals surface area (Å²) < 4.78 is 11.1. The number of anilines is 1. The zero-order valence-corrected chi connectivity index (χ0v) is 14.7. The van der Waals surface area contributed by atoms with Gasteiger partial charge in [-0.25, -0.2) is 4.79 Å². The minimum Gasteiger partial charge on any atom is -0.486 e. The van der Waals surface area contributed by atoms with E-state index >= 15 is 0 Å². The smallest absolute Gasteiger partial charge is 0.319 e. The van der Waals surface area contributed by atoms with Gasteiger partial charge in [0, 0.05) is 12.2 Å². The van der Waals surface area contributed by atoms with Gasteiger partial charge in [0.05, 0.1) is 0 Å². The summed E-state index contributed by atoms with van der Waals surface area (Å²) in [6.45, 7) is 5.94. The first-order valence-electron chi connectivity index (χ1n) is 8.66.